The Hall–Kier alpha value is -1.40. The maximum absolute atomic E-state index is 12.6. The van der Waals surface area contributed by atoms with Crippen LogP contribution in [0.15, 0.2) is 23.1 Å². The molecule has 1 saturated carbocycles. The average molecular weight is 379 g/mol. The third-order valence-electron chi connectivity index (χ3n) is 5.69. The standard InChI is InChI=1S/C20H30N2O3S/c1-16(23)22(19-9-3-2-4-10-19)14-13-21-26(24,25)20-12-11-17-7-5-6-8-18(17)15-20/h11-12,15,19,21H,2-10,13-14H2,1H3. The molecule has 1 aromatic rings. The summed E-state index contributed by atoms with van der Waals surface area (Å²) in [4.78, 5) is 14.2. The molecule has 0 bridgehead atoms. The lowest BCUT2D eigenvalue weighted by Gasteiger charge is -2.33. The molecule has 0 saturated heterocycles. The molecule has 1 aromatic carbocycles. The summed E-state index contributed by atoms with van der Waals surface area (Å²) in [7, 11) is -3.53. The van der Waals surface area contributed by atoms with Crippen LogP contribution < -0.4 is 4.72 Å². The summed E-state index contributed by atoms with van der Waals surface area (Å²) in [6, 6.07) is 5.74. The molecule has 26 heavy (non-hydrogen) atoms. The van der Waals surface area contributed by atoms with Crippen LogP contribution >= 0.6 is 0 Å². The van der Waals surface area contributed by atoms with Crippen LogP contribution in [-0.2, 0) is 27.7 Å². The maximum atomic E-state index is 12.6. The number of rotatable bonds is 6. The Bertz CT molecular complexity index is 739. The number of nitrogens with one attached hydrogen (secondary N) is 1. The van der Waals surface area contributed by atoms with E-state index >= 15 is 0 Å². The third-order valence-corrected chi connectivity index (χ3v) is 7.15. The van der Waals surface area contributed by atoms with Crippen molar-refractivity contribution in [2.45, 2.75) is 75.6 Å². The van der Waals surface area contributed by atoms with Crippen molar-refractivity contribution in [3.8, 4) is 0 Å². The Kier molecular flexibility index (Phi) is 6.35. The summed E-state index contributed by atoms with van der Waals surface area (Å²) in [5.41, 5.74) is 2.43. The second kappa shape index (κ2) is 8.53. The van der Waals surface area contributed by atoms with Gasteiger partial charge in [-0.05, 0) is 61.8 Å². The molecule has 0 unspecified atom stereocenters. The first kappa shape index (κ1) is 19.4. The molecule has 2 aliphatic carbocycles. The Labute approximate surface area is 157 Å². The summed E-state index contributed by atoms with van der Waals surface area (Å²) < 4.78 is 27.9. The second-order valence-corrected chi connectivity index (χ2v) is 9.31. The first-order valence-electron chi connectivity index (χ1n) is 9.86. The van der Waals surface area contributed by atoms with Crippen molar-refractivity contribution in [2.24, 2.45) is 0 Å². The van der Waals surface area contributed by atoms with Crippen LogP contribution in [0.4, 0.5) is 0 Å². The molecule has 0 aromatic heterocycles. The van der Waals surface area contributed by atoms with Crippen molar-refractivity contribution in [2.75, 3.05) is 13.1 Å². The molecule has 0 aliphatic heterocycles. The molecule has 0 radical (unpaired) electrons. The lowest BCUT2D eigenvalue weighted by molar-refractivity contribution is -0.131. The number of hydrogen-bond donors (Lipinski definition) is 1. The summed E-state index contributed by atoms with van der Waals surface area (Å²) in [6.45, 7) is 2.27. The molecular formula is C20H30N2O3S. The average Bonchev–Trinajstić information content (AvgIpc) is 2.65. The number of nitrogens with zero attached hydrogens (tertiary/aromatic N) is 1. The van der Waals surface area contributed by atoms with E-state index in [1.165, 1.54) is 18.4 Å². The highest BCUT2D eigenvalue weighted by Crippen LogP contribution is 2.24. The van der Waals surface area contributed by atoms with E-state index in [0.717, 1.165) is 50.5 Å². The topological polar surface area (TPSA) is 66.5 Å². The molecule has 144 valence electrons. The summed E-state index contributed by atoms with van der Waals surface area (Å²) in [5, 5.41) is 0. The van der Waals surface area contributed by atoms with E-state index < -0.39 is 10.0 Å². The Morgan fingerprint density at radius 3 is 2.46 bits per heavy atom. The summed E-state index contributed by atoms with van der Waals surface area (Å²) in [5.74, 6) is 0.0323. The molecule has 1 amide bonds. The van der Waals surface area contributed by atoms with Gasteiger partial charge in [0.1, 0.15) is 0 Å². The largest absolute Gasteiger partial charge is 0.339 e. The van der Waals surface area contributed by atoms with Crippen LogP contribution in [0.2, 0.25) is 0 Å². The fraction of sp³-hybridized carbons (Fsp3) is 0.650. The van der Waals surface area contributed by atoms with Gasteiger partial charge in [0.25, 0.3) is 0 Å². The minimum absolute atomic E-state index is 0.0323. The fourth-order valence-corrected chi connectivity index (χ4v) is 5.32. The van der Waals surface area contributed by atoms with Crippen LogP contribution in [0, 0.1) is 0 Å². The smallest absolute Gasteiger partial charge is 0.240 e. The highest BCUT2D eigenvalue weighted by atomic mass is 32.2. The molecule has 1 N–H and O–H groups in total. The van der Waals surface area contributed by atoms with Gasteiger partial charge in [0.15, 0.2) is 0 Å². The molecule has 1 fully saturated rings. The Morgan fingerprint density at radius 2 is 1.77 bits per heavy atom. The van der Waals surface area contributed by atoms with Crippen molar-refractivity contribution in [3.05, 3.63) is 29.3 Å². The van der Waals surface area contributed by atoms with E-state index in [2.05, 4.69) is 4.72 Å². The SMILES string of the molecule is CC(=O)N(CCNS(=O)(=O)c1ccc2c(c1)CCCC2)C1CCCCC1. The number of carbonyl (C=O) groups is 1. The summed E-state index contributed by atoms with van der Waals surface area (Å²) >= 11 is 0. The summed E-state index contributed by atoms with van der Waals surface area (Å²) in [6.07, 6.45) is 9.88. The maximum Gasteiger partial charge on any atom is 0.240 e. The lowest BCUT2D eigenvalue weighted by atomic mass is 9.92. The number of sulfonamides is 1. The zero-order valence-electron chi connectivity index (χ0n) is 15.7. The monoisotopic (exact) mass is 378 g/mol. The predicted octanol–water partition coefficient (Wildman–Crippen LogP) is 3.02. The van der Waals surface area contributed by atoms with E-state index in [4.69, 9.17) is 0 Å². The molecular weight excluding hydrogens is 348 g/mol. The van der Waals surface area contributed by atoms with Crippen LogP contribution in [0.3, 0.4) is 0 Å². The lowest BCUT2D eigenvalue weighted by Crippen LogP contribution is -2.44. The number of aryl methyl sites for hydroxylation is 2. The van der Waals surface area contributed by atoms with Gasteiger partial charge >= 0.3 is 0 Å². The van der Waals surface area contributed by atoms with E-state index in [0.29, 0.717) is 11.4 Å². The van der Waals surface area contributed by atoms with Crippen molar-refractivity contribution in [1.82, 2.24) is 9.62 Å². The minimum atomic E-state index is -3.53. The Balaban J connectivity index is 1.61. The van der Waals surface area contributed by atoms with Crippen LogP contribution in [0.5, 0.6) is 0 Å². The zero-order chi connectivity index (χ0) is 18.6. The number of hydrogen-bond acceptors (Lipinski definition) is 3. The zero-order valence-corrected chi connectivity index (χ0v) is 16.5. The van der Waals surface area contributed by atoms with Gasteiger partial charge in [-0.1, -0.05) is 25.3 Å². The third kappa shape index (κ3) is 4.65. The fourth-order valence-electron chi connectivity index (χ4n) is 4.25. The highest BCUT2D eigenvalue weighted by Gasteiger charge is 2.24. The molecule has 0 atom stereocenters. The molecule has 6 heteroatoms. The van der Waals surface area contributed by atoms with E-state index in [1.807, 2.05) is 17.0 Å². The number of carbonyl (C=O) groups excluding carboxylic acids is 1. The van der Waals surface area contributed by atoms with Gasteiger partial charge in [-0.25, -0.2) is 13.1 Å². The molecule has 0 heterocycles. The molecule has 0 spiro atoms. The van der Waals surface area contributed by atoms with Gasteiger partial charge < -0.3 is 4.90 Å². The van der Waals surface area contributed by atoms with Gasteiger partial charge in [0.05, 0.1) is 4.90 Å². The van der Waals surface area contributed by atoms with E-state index in [-0.39, 0.29) is 18.5 Å². The van der Waals surface area contributed by atoms with Gasteiger partial charge in [-0.15, -0.1) is 0 Å². The first-order chi connectivity index (χ1) is 12.5. The minimum Gasteiger partial charge on any atom is -0.339 e. The van der Waals surface area contributed by atoms with Gasteiger partial charge in [0, 0.05) is 26.1 Å². The first-order valence-corrected chi connectivity index (χ1v) is 11.3. The molecule has 3 rings (SSSR count). The van der Waals surface area contributed by atoms with Crippen molar-refractivity contribution in [3.63, 3.8) is 0 Å². The normalized spacial score (nSPS) is 18.3. The number of fused-ring (bicyclic) bond motifs is 1. The molecule has 2 aliphatic rings. The van der Waals surface area contributed by atoms with E-state index in [9.17, 15) is 13.2 Å². The number of benzene rings is 1. The second-order valence-electron chi connectivity index (χ2n) is 7.54. The van der Waals surface area contributed by atoms with Gasteiger partial charge in [-0.3, -0.25) is 4.79 Å². The molecule has 5 nitrogen and oxygen atoms in total. The van der Waals surface area contributed by atoms with Crippen molar-refractivity contribution >= 4 is 15.9 Å². The Morgan fingerprint density at radius 1 is 1.08 bits per heavy atom. The van der Waals surface area contributed by atoms with Gasteiger partial charge in [-0.2, -0.15) is 0 Å². The van der Waals surface area contributed by atoms with Crippen LogP contribution in [0.1, 0.15) is 63.0 Å². The van der Waals surface area contributed by atoms with E-state index in [1.54, 1.807) is 13.0 Å². The van der Waals surface area contributed by atoms with Crippen LogP contribution in [0.25, 0.3) is 0 Å². The quantitative estimate of drug-likeness (QED) is 0.827. The van der Waals surface area contributed by atoms with Crippen LogP contribution in [-0.4, -0.2) is 38.4 Å². The van der Waals surface area contributed by atoms with Gasteiger partial charge in [0.2, 0.25) is 15.9 Å². The predicted molar refractivity (Wildman–Crippen MR) is 103 cm³/mol. The van der Waals surface area contributed by atoms with Crippen molar-refractivity contribution in [1.29, 1.82) is 0 Å². The van der Waals surface area contributed by atoms with Crippen molar-refractivity contribution < 1.29 is 13.2 Å². The highest BCUT2D eigenvalue weighted by molar-refractivity contribution is 7.89. The number of amides is 1.